The third-order valence-electron chi connectivity index (χ3n) is 4.88. The van der Waals surface area contributed by atoms with E-state index < -0.39 is 21.8 Å². The molecule has 0 fully saturated rings. The number of hydrogen-bond acceptors (Lipinski definition) is 7. The van der Waals surface area contributed by atoms with Crippen LogP contribution in [-0.4, -0.2) is 42.1 Å². The number of amides is 2. The predicted molar refractivity (Wildman–Crippen MR) is 126 cm³/mol. The average molecular weight is 493 g/mol. The maximum absolute atomic E-state index is 12.8. The SMILES string of the molecule is COc1ccc(S(N)(=O)=O)cc1C(=O)NNC(=O)c1nc(-c2ccccc2)n(-c2ccccc2)n1. The summed E-state index contributed by atoms with van der Waals surface area (Å²) in [6, 6.07) is 21.9. The van der Waals surface area contributed by atoms with Gasteiger partial charge < -0.3 is 4.74 Å². The van der Waals surface area contributed by atoms with Gasteiger partial charge in [0.2, 0.25) is 15.8 Å². The molecule has 0 saturated heterocycles. The van der Waals surface area contributed by atoms with Crippen LogP contribution in [-0.2, 0) is 10.0 Å². The number of para-hydroxylation sites is 1. The Balaban J connectivity index is 1.60. The van der Waals surface area contributed by atoms with Gasteiger partial charge >= 0.3 is 5.91 Å². The maximum atomic E-state index is 12.8. The van der Waals surface area contributed by atoms with E-state index in [9.17, 15) is 18.0 Å². The van der Waals surface area contributed by atoms with Gasteiger partial charge in [0.1, 0.15) is 5.75 Å². The second-order valence-electron chi connectivity index (χ2n) is 7.19. The van der Waals surface area contributed by atoms with Gasteiger partial charge in [0.05, 0.1) is 23.3 Å². The number of rotatable bonds is 6. The first-order valence-electron chi connectivity index (χ1n) is 10.2. The van der Waals surface area contributed by atoms with Crippen LogP contribution in [0.5, 0.6) is 5.75 Å². The number of carbonyl (C=O) groups is 2. The highest BCUT2D eigenvalue weighted by Crippen LogP contribution is 2.22. The van der Waals surface area contributed by atoms with E-state index in [1.54, 1.807) is 0 Å². The lowest BCUT2D eigenvalue weighted by atomic mass is 10.2. The Morgan fingerprint density at radius 2 is 1.54 bits per heavy atom. The van der Waals surface area contributed by atoms with Gasteiger partial charge in [-0.15, -0.1) is 5.10 Å². The molecule has 0 atom stereocenters. The molecule has 0 saturated carbocycles. The second-order valence-corrected chi connectivity index (χ2v) is 8.75. The quantitative estimate of drug-likeness (QED) is 0.345. The third kappa shape index (κ3) is 5.18. The number of primary sulfonamides is 1. The van der Waals surface area contributed by atoms with Crippen molar-refractivity contribution in [1.82, 2.24) is 25.6 Å². The van der Waals surface area contributed by atoms with Crippen molar-refractivity contribution in [2.45, 2.75) is 4.90 Å². The third-order valence-corrected chi connectivity index (χ3v) is 5.79. The molecule has 11 nitrogen and oxygen atoms in total. The summed E-state index contributed by atoms with van der Waals surface area (Å²) in [4.78, 5) is 29.5. The largest absolute Gasteiger partial charge is 0.496 e. The van der Waals surface area contributed by atoms with Crippen molar-refractivity contribution >= 4 is 21.8 Å². The van der Waals surface area contributed by atoms with Crippen molar-refractivity contribution in [2.24, 2.45) is 5.14 Å². The fourth-order valence-corrected chi connectivity index (χ4v) is 3.75. The zero-order chi connectivity index (χ0) is 25.0. The van der Waals surface area contributed by atoms with Gasteiger partial charge in [-0.2, -0.15) is 0 Å². The highest BCUT2D eigenvalue weighted by Gasteiger charge is 2.21. The smallest absolute Gasteiger partial charge is 0.309 e. The van der Waals surface area contributed by atoms with Crippen LogP contribution >= 0.6 is 0 Å². The predicted octanol–water partition coefficient (Wildman–Crippen LogP) is 1.67. The van der Waals surface area contributed by atoms with E-state index in [0.717, 1.165) is 11.6 Å². The molecule has 0 spiro atoms. The van der Waals surface area contributed by atoms with Crippen molar-refractivity contribution in [2.75, 3.05) is 7.11 Å². The molecule has 0 radical (unpaired) electrons. The minimum absolute atomic E-state index is 0.0852. The van der Waals surface area contributed by atoms with Gasteiger partial charge in [-0.3, -0.25) is 20.4 Å². The van der Waals surface area contributed by atoms with Gasteiger partial charge in [-0.1, -0.05) is 48.5 Å². The van der Waals surface area contributed by atoms with E-state index in [0.29, 0.717) is 11.5 Å². The van der Waals surface area contributed by atoms with Gasteiger partial charge in [-0.25, -0.2) is 23.2 Å². The lowest BCUT2D eigenvalue weighted by molar-refractivity contribution is 0.0839. The second kappa shape index (κ2) is 9.75. The summed E-state index contributed by atoms with van der Waals surface area (Å²) in [6.45, 7) is 0. The van der Waals surface area contributed by atoms with E-state index in [4.69, 9.17) is 9.88 Å². The van der Waals surface area contributed by atoms with E-state index in [1.807, 2.05) is 60.7 Å². The molecule has 0 unspecified atom stereocenters. The summed E-state index contributed by atoms with van der Waals surface area (Å²) in [5.41, 5.74) is 5.73. The fourth-order valence-electron chi connectivity index (χ4n) is 3.21. The van der Waals surface area contributed by atoms with Crippen LogP contribution in [0.2, 0.25) is 0 Å². The Morgan fingerprint density at radius 1 is 0.914 bits per heavy atom. The first kappa shape index (κ1) is 23.6. The van der Waals surface area contributed by atoms with Crippen LogP contribution in [0.3, 0.4) is 0 Å². The van der Waals surface area contributed by atoms with Crippen LogP contribution in [0.4, 0.5) is 0 Å². The van der Waals surface area contributed by atoms with Gasteiger partial charge in [-0.05, 0) is 30.3 Å². The van der Waals surface area contributed by atoms with E-state index >= 15 is 0 Å². The molecule has 35 heavy (non-hydrogen) atoms. The molecule has 3 aromatic carbocycles. The highest BCUT2D eigenvalue weighted by atomic mass is 32.2. The molecule has 1 aromatic heterocycles. The standard InChI is InChI=1S/C23H20N6O5S/c1-34-19-13-12-17(35(24,32)33)14-18(19)22(30)26-27-23(31)20-25-21(15-8-4-2-5-9-15)29(28-20)16-10-6-3-7-11-16/h2-14H,1H3,(H,26,30)(H,27,31)(H2,24,32,33). The van der Waals surface area contributed by atoms with Crippen LogP contribution in [0, 0.1) is 0 Å². The number of methoxy groups -OCH3 is 1. The zero-order valence-electron chi connectivity index (χ0n) is 18.4. The Kier molecular flexibility index (Phi) is 6.57. The minimum atomic E-state index is -4.06. The Hall–Kier alpha value is -4.55. The number of ether oxygens (including phenoxy) is 1. The molecular weight excluding hydrogens is 472 g/mol. The lowest BCUT2D eigenvalue weighted by Gasteiger charge is -2.10. The lowest BCUT2D eigenvalue weighted by Crippen LogP contribution is -2.42. The van der Waals surface area contributed by atoms with E-state index in [-0.39, 0.29) is 22.0 Å². The number of nitrogens with zero attached hydrogens (tertiary/aromatic N) is 3. The van der Waals surface area contributed by atoms with Crippen LogP contribution in [0.15, 0.2) is 83.8 Å². The molecule has 0 aliphatic heterocycles. The number of nitrogens with two attached hydrogens (primary N) is 1. The van der Waals surface area contributed by atoms with Crippen molar-refractivity contribution in [3.8, 4) is 22.8 Å². The Morgan fingerprint density at radius 3 is 2.17 bits per heavy atom. The molecule has 4 N–H and O–H groups in total. The van der Waals surface area contributed by atoms with Gasteiger partial charge in [0, 0.05) is 5.56 Å². The number of aromatic nitrogens is 3. The molecular formula is C23H20N6O5S. The molecule has 1 heterocycles. The molecule has 12 heteroatoms. The molecule has 4 aromatic rings. The molecule has 0 aliphatic rings. The molecule has 0 aliphatic carbocycles. The summed E-state index contributed by atoms with van der Waals surface area (Å²) in [5.74, 6) is -1.30. The van der Waals surface area contributed by atoms with Crippen molar-refractivity contribution in [3.63, 3.8) is 0 Å². The van der Waals surface area contributed by atoms with Crippen molar-refractivity contribution in [3.05, 3.63) is 90.3 Å². The normalized spacial score (nSPS) is 11.0. The number of nitrogens with one attached hydrogen (secondary N) is 2. The monoisotopic (exact) mass is 492 g/mol. The number of hydrazine groups is 1. The van der Waals surface area contributed by atoms with Crippen molar-refractivity contribution < 1.29 is 22.7 Å². The van der Waals surface area contributed by atoms with Gasteiger partial charge in [0.25, 0.3) is 5.91 Å². The highest BCUT2D eigenvalue weighted by molar-refractivity contribution is 7.89. The van der Waals surface area contributed by atoms with E-state index in [1.165, 1.54) is 23.9 Å². The molecule has 2 amide bonds. The number of hydrogen-bond donors (Lipinski definition) is 3. The topological polar surface area (TPSA) is 158 Å². The van der Waals surface area contributed by atoms with Crippen LogP contribution in [0.1, 0.15) is 21.0 Å². The number of sulfonamides is 1. The Bertz CT molecular complexity index is 1430. The minimum Gasteiger partial charge on any atom is -0.496 e. The van der Waals surface area contributed by atoms with Crippen molar-refractivity contribution in [1.29, 1.82) is 0 Å². The van der Waals surface area contributed by atoms with Gasteiger partial charge in [0.15, 0.2) is 5.82 Å². The zero-order valence-corrected chi connectivity index (χ0v) is 19.2. The van der Waals surface area contributed by atoms with E-state index in [2.05, 4.69) is 20.9 Å². The van der Waals surface area contributed by atoms with Crippen LogP contribution < -0.4 is 20.7 Å². The Labute approximate surface area is 200 Å². The summed E-state index contributed by atoms with van der Waals surface area (Å²) in [6.07, 6.45) is 0. The number of carbonyl (C=O) groups excluding carboxylic acids is 2. The molecule has 178 valence electrons. The number of benzene rings is 3. The molecule has 4 rings (SSSR count). The maximum Gasteiger partial charge on any atom is 0.309 e. The fraction of sp³-hybridized carbons (Fsp3) is 0.0435. The average Bonchev–Trinajstić information content (AvgIpc) is 3.33. The summed E-state index contributed by atoms with van der Waals surface area (Å²) in [5, 5.41) is 9.45. The summed E-state index contributed by atoms with van der Waals surface area (Å²) < 4.78 is 29.9. The summed E-state index contributed by atoms with van der Waals surface area (Å²) in [7, 11) is -2.75. The van der Waals surface area contributed by atoms with Crippen LogP contribution in [0.25, 0.3) is 17.1 Å². The summed E-state index contributed by atoms with van der Waals surface area (Å²) >= 11 is 0. The first-order valence-corrected chi connectivity index (χ1v) is 11.7. The first-order chi connectivity index (χ1) is 16.8. The molecule has 0 bridgehead atoms.